The van der Waals surface area contributed by atoms with E-state index in [0.29, 0.717) is 5.76 Å². The minimum Gasteiger partial charge on any atom is -0.508 e. The summed E-state index contributed by atoms with van der Waals surface area (Å²) in [6.45, 7) is 0. The van der Waals surface area contributed by atoms with Gasteiger partial charge in [0, 0.05) is 24.8 Å². The van der Waals surface area contributed by atoms with Crippen molar-refractivity contribution in [1.82, 2.24) is 0 Å². The van der Waals surface area contributed by atoms with Gasteiger partial charge in [0.25, 0.3) is 0 Å². The Morgan fingerprint density at radius 3 is 2.50 bits per heavy atom. The molecule has 1 heterocycles. The highest BCUT2D eigenvalue weighted by Crippen LogP contribution is 2.40. The van der Waals surface area contributed by atoms with Gasteiger partial charge in [-0.3, -0.25) is 0 Å². The lowest BCUT2D eigenvalue weighted by Crippen LogP contribution is -2.24. The van der Waals surface area contributed by atoms with Crippen molar-refractivity contribution < 1.29 is 18.3 Å². The molecule has 0 atom stereocenters. The molecule has 0 radical (unpaired) electrons. The largest absolute Gasteiger partial charge is 0.508 e. The van der Waals surface area contributed by atoms with Crippen LogP contribution in [-0.2, 0) is 0 Å². The third-order valence-corrected chi connectivity index (χ3v) is 2.89. The second-order valence-corrected chi connectivity index (χ2v) is 4.17. The third-order valence-electron chi connectivity index (χ3n) is 2.89. The highest BCUT2D eigenvalue weighted by molar-refractivity contribution is 5.21. The SMILES string of the molecule is O=c1cc(O)cc(C2CCC(F)(F)CC2)o1. The second-order valence-electron chi connectivity index (χ2n) is 4.17. The van der Waals surface area contributed by atoms with Gasteiger partial charge in [0.15, 0.2) is 0 Å². The van der Waals surface area contributed by atoms with Crippen LogP contribution >= 0.6 is 0 Å². The predicted octanol–water partition coefficient (Wildman–Crippen LogP) is 2.64. The zero-order valence-corrected chi connectivity index (χ0v) is 8.58. The zero-order chi connectivity index (χ0) is 11.8. The van der Waals surface area contributed by atoms with E-state index in [2.05, 4.69) is 0 Å². The molecule has 0 amide bonds. The van der Waals surface area contributed by atoms with Crippen molar-refractivity contribution >= 4 is 0 Å². The predicted molar refractivity (Wildman–Crippen MR) is 52.8 cm³/mol. The van der Waals surface area contributed by atoms with Crippen molar-refractivity contribution in [2.24, 2.45) is 0 Å². The van der Waals surface area contributed by atoms with Gasteiger partial charge in [-0.15, -0.1) is 0 Å². The van der Waals surface area contributed by atoms with Crippen molar-refractivity contribution in [3.8, 4) is 5.75 Å². The first-order chi connectivity index (χ1) is 7.46. The summed E-state index contributed by atoms with van der Waals surface area (Å²) >= 11 is 0. The standard InChI is InChI=1S/C11H12F2O3/c12-11(13)3-1-7(2-4-11)9-5-8(14)6-10(15)16-9/h5-7,14H,1-4H2. The number of rotatable bonds is 1. The fourth-order valence-electron chi connectivity index (χ4n) is 2.01. The molecule has 5 heteroatoms. The Hall–Kier alpha value is -1.39. The molecule has 1 N–H and O–H groups in total. The minimum atomic E-state index is -2.60. The number of alkyl halides is 2. The lowest BCUT2D eigenvalue weighted by Gasteiger charge is -2.27. The van der Waals surface area contributed by atoms with Crippen LogP contribution in [-0.4, -0.2) is 11.0 Å². The topological polar surface area (TPSA) is 50.4 Å². The van der Waals surface area contributed by atoms with Crippen LogP contribution < -0.4 is 5.63 Å². The molecule has 3 nitrogen and oxygen atoms in total. The van der Waals surface area contributed by atoms with Crippen LogP contribution in [0.25, 0.3) is 0 Å². The van der Waals surface area contributed by atoms with Gasteiger partial charge in [0.2, 0.25) is 5.92 Å². The van der Waals surface area contributed by atoms with Crippen molar-refractivity contribution in [2.45, 2.75) is 37.5 Å². The third kappa shape index (κ3) is 2.40. The van der Waals surface area contributed by atoms with Crippen molar-refractivity contribution in [3.05, 3.63) is 28.3 Å². The Bertz CT molecular complexity index is 429. The molecule has 0 aliphatic heterocycles. The first-order valence-electron chi connectivity index (χ1n) is 5.18. The molecular weight excluding hydrogens is 218 g/mol. The molecule has 1 aliphatic rings. The van der Waals surface area contributed by atoms with Crippen LogP contribution in [0.1, 0.15) is 37.4 Å². The Morgan fingerprint density at radius 2 is 1.94 bits per heavy atom. The summed E-state index contributed by atoms with van der Waals surface area (Å²) < 4.78 is 30.7. The Labute approximate surface area is 90.7 Å². The smallest absolute Gasteiger partial charge is 0.339 e. The normalized spacial score (nSPS) is 20.9. The summed E-state index contributed by atoms with van der Waals surface area (Å²) in [5.41, 5.74) is -0.646. The van der Waals surface area contributed by atoms with E-state index < -0.39 is 11.5 Å². The van der Waals surface area contributed by atoms with E-state index in [0.717, 1.165) is 6.07 Å². The maximum atomic E-state index is 12.9. The van der Waals surface area contributed by atoms with Gasteiger partial charge >= 0.3 is 5.63 Å². The summed E-state index contributed by atoms with van der Waals surface area (Å²) in [6, 6.07) is 2.29. The first-order valence-corrected chi connectivity index (χ1v) is 5.18. The van der Waals surface area contributed by atoms with Gasteiger partial charge in [-0.1, -0.05) is 0 Å². The number of hydrogen-bond acceptors (Lipinski definition) is 3. The van der Waals surface area contributed by atoms with Crippen LogP contribution in [0, 0.1) is 0 Å². The van der Waals surface area contributed by atoms with Gasteiger partial charge in [0.1, 0.15) is 11.5 Å². The van der Waals surface area contributed by atoms with Gasteiger partial charge in [-0.25, -0.2) is 13.6 Å². The second kappa shape index (κ2) is 3.88. The van der Waals surface area contributed by atoms with Gasteiger partial charge in [0.05, 0.1) is 6.07 Å². The first kappa shape index (κ1) is 11.1. The van der Waals surface area contributed by atoms with E-state index in [1.54, 1.807) is 0 Å². The molecule has 0 bridgehead atoms. The van der Waals surface area contributed by atoms with Crippen molar-refractivity contribution in [2.75, 3.05) is 0 Å². The molecule has 2 rings (SSSR count). The Balaban J connectivity index is 2.17. The molecule has 1 fully saturated rings. The lowest BCUT2D eigenvalue weighted by molar-refractivity contribution is -0.0397. The Kier molecular flexibility index (Phi) is 2.69. The fourth-order valence-corrected chi connectivity index (χ4v) is 2.01. The maximum absolute atomic E-state index is 12.9. The van der Waals surface area contributed by atoms with Crippen LogP contribution in [0.2, 0.25) is 0 Å². The average molecular weight is 230 g/mol. The summed E-state index contributed by atoms with van der Waals surface area (Å²) in [4.78, 5) is 11.0. The quantitative estimate of drug-likeness (QED) is 0.806. The van der Waals surface area contributed by atoms with Gasteiger partial charge in [-0.2, -0.15) is 0 Å². The molecule has 1 aromatic rings. The molecule has 88 valence electrons. The summed E-state index contributed by atoms with van der Waals surface area (Å²) in [5.74, 6) is -2.67. The highest BCUT2D eigenvalue weighted by atomic mass is 19.3. The average Bonchev–Trinajstić information content (AvgIpc) is 2.15. The molecular formula is C11H12F2O3. The number of halogens is 2. The number of aromatic hydroxyl groups is 1. The molecule has 0 aromatic carbocycles. The lowest BCUT2D eigenvalue weighted by atomic mass is 9.85. The van der Waals surface area contributed by atoms with Crippen LogP contribution in [0.3, 0.4) is 0 Å². The van der Waals surface area contributed by atoms with E-state index in [9.17, 15) is 18.7 Å². The molecule has 0 spiro atoms. The summed E-state index contributed by atoms with van der Waals surface area (Å²) in [6.07, 6.45) is 0.160. The molecule has 0 unspecified atom stereocenters. The fraction of sp³-hybridized carbons (Fsp3) is 0.545. The molecule has 16 heavy (non-hydrogen) atoms. The highest BCUT2D eigenvalue weighted by Gasteiger charge is 2.36. The number of hydrogen-bond donors (Lipinski definition) is 1. The molecule has 1 saturated carbocycles. The van der Waals surface area contributed by atoms with Gasteiger partial charge in [-0.05, 0) is 12.8 Å². The monoisotopic (exact) mass is 230 g/mol. The van der Waals surface area contributed by atoms with E-state index >= 15 is 0 Å². The van der Waals surface area contributed by atoms with Crippen LogP contribution in [0.4, 0.5) is 8.78 Å². The van der Waals surface area contributed by atoms with Crippen molar-refractivity contribution in [3.63, 3.8) is 0 Å². The maximum Gasteiger partial charge on any atom is 0.339 e. The molecule has 0 saturated heterocycles. The van der Waals surface area contributed by atoms with E-state index in [1.807, 2.05) is 0 Å². The Morgan fingerprint density at radius 1 is 1.31 bits per heavy atom. The van der Waals surface area contributed by atoms with E-state index in [1.165, 1.54) is 6.07 Å². The van der Waals surface area contributed by atoms with E-state index in [4.69, 9.17) is 4.42 Å². The van der Waals surface area contributed by atoms with Crippen LogP contribution in [0.15, 0.2) is 21.3 Å². The van der Waals surface area contributed by atoms with Crippen molar-refractivity contribution in [1.29, 1.82) is 0 Å². The van der Waals surface area contributed by atoms with Crippen LogP contribution in [0.5, 0.6) is 5.75 Å². The molecule has 1 aliphatic carbocycles. The van der Waals surface area contributed by atoms with Gasteiger partial charge < -0.3 is 9.52 Å². The summed E-state index contributed by atoms with van der Waals surface area (Å²) in [5, 5.41) is 9.22. The minimum absolute atomic E-state index is 0.177. The molecule has 1 aromatic heterocycles. The zero-order valence-electron chi connectivity index (χ0n) is 8.58. The summed E-state index contributed by atoms with van der Waals surface area (Å²) in [7, 11) is 0. The van der Waals surface area contributed by atoms with E-state index in [-0.39, 0.29) is 37.4 Å².